The van der Waals surface area contributed by atoms with Gasteiger partial charge in [0, 0.05) is 0 Å². The van der Waals surface area contributed by atoms with E-state index in [1.54, 1.807) is 6.08 Å². The Morgan fingerprint density at radius 2 is 1.93 bits per heavy atom. The van der Waals surface area contributed by atoms with Crippen LogP contribution in [-0.4, -0.2) is 5.11 Å². The van der Waals surface area contributed by atoms with Crippen LogP contribution in [0.1, 0.15) is 12.0 Å². The van der Waals surface area contributed by atoms with Crippen molar-refractivity contribution < 1.29 is 5.11 Å². The Morgan fingerprint density at radius 1 is 1.21 bits per heavy atom. The molecule has 1 atom stereocenters. The van der Waals surface area contributed by atoms with Gasteiger partial charge in [0.05, 0.1) is 4.32 Å². The summed E-state index contributed by atoms with van der Waals surface area (Å²) < 4.78 is -0.152. The van der Waals surface area contributed by atoms with Crippen LogP contribution in [0.25, 0.3) is 0 Å². The molecule has 0 aromatic heterocycles. The Labute approximate surface area is 91.9 Å². The van der Waals surface area contributed by atoms with Crippen molar-refractivity contribution in [3.05, 3.63) is 59.9 Å². The van der Waals surface area contributed by atoms with Gasteiger partial charge >= 0.3 is 0 Å². The summed E-state index contributed by atoms with van der Waals surface area (Å²) in [5, 5.41) is 9.24. The standard InChI is InChI=1S/C12H11BrO/c13-12(8-6-11(14)7-9-12)10-4-2-1-3-5-10/h1-8,14H,9H2. The first-order valence-corrected chi connectivity index (χ1v) is 5.33. The summed E-state index contributed by atoms with van der Waals surface area (Å²) in [5.74, 6) is 0.344. The monoisotopic (exact) mass is 250 g/mol. The van der Waals surface area contributed by atoms with Crippen LogP contribution in [0.4, 0.5) is 0 Å². The highest BCUT2D eigenvalue weighted by Gasteiger charge is 2.26. The summed E-state index contributed by atoms with van der Waals surface area (Å²) in [6.45, 7) is 0. The molecule has 1 aromatic carbocycles. The Morgan fingerprint density at radius 3 is 2.50 bits per heavy atom. The van der Waals surface area contributed by atoms with Gasteiger partial charge in [0.25, 0.3) is 0 Å². The van der Waals surface area contributed by atoms with Gasteiger partial charge in [0.15, 0.2) is 0 Å². The minimum Gasteiger partial charge on any atom is -0.508 e. The van der Waals surface area contributed by atoms with Crippen molar-refractivity contribution in [2.24, 2.45) is 0 Å². The van der Waals surface area contributed by atoms with Crippen molar-refractivity contribution >= 4 is 15.9 Å². The topological polar surface area (TPSA) is 20.2 Å². The molecule has 1 nitrogen and oxygen atoms in total. The third-order valence-corrected chi connectivity index (χ3v) is 3.43. The lowest BCUT2D eigenvalue weighted by molar-refractivity contribution is 0.424. The van der Waals surface area contributed by atoms with Crippen molar-refractivity contribution in [3.8, 4) is 0 Å². The molecule has 0 bridgehead atoms. The number of allylic oxidation sites excluding steroid dienone is 3. The number of aliphatic hydroxyl groups excluding tert-OH is 1. The molecule has 1 aromatic rings. The second-order valence-corrected chi connectivity index (χ2v) is 4.81. The van der Waals surface area contributed by atoms with Gasteiger partial charge in [-0.1, -0.05) is 52.3 Å². The normalized spacial score (nSPS) is 25.9. The third kappa shape index (κ3) is 1.75. The van der Waals surface area contributed by atoms with E-state index in [0.29, 0.717) is 5.76 Å². The minimum absolute atomic E-state index is 0.152. The van der Waals surface area contributed by atoms with Crippen LogP contribution in [-0.2, 0) is 4.32 Å². The Balaban J connectivity index is 2.32. The number of benzene rings is 1. The Hall–Kier alpha value is -1.02. The van der Waals surface area contributed by atoms with E-state index in [0.717, 1.165) is 6.42 Å². The van der Waals surface area contributed by atoms with E-state index in [2.05, 4.69) is 28.1 Å². The molecule has 14 heavy (non-hydrogen) atoms. The molecular weight excluding hydrogens is 240 g/mol. The van der Waals surface area contributed by atoms with Gasteiger partial charge in [0.1, 0.15) is 5.76 Å². The molecule has 0 radical (unpaired) electrons. The second kappa shape index (κ2) is 3.62. The molecule has 2 heteroatoms. The third-order valence-electron chi connectivity index (χ3n) is 2.38. The van der Waals surface area contributed by atoms with Gasteiger partial charge in [0.2, 0.25) is 0 Å². The smallest absolute Gasteiger partial charge is 0.111 e. The van der Waals surface area contributed by atoms with Crippen LogP contribution in [0, 0.1) is 0 Å². The molecule has 0 saturated heterocycles. The molecule has 1 unspecified atom stereocenters. The highest BCUT2D eigenvalue weighted by Crippen LogP contribution is 2.39. The number of halogens is 1. The van der Waals surface area contributed by atoms with Crippen LogP contribution < -0.4 is 0 Å². The first-order chi connectivity index (χ1) is 6.71. The number of rotatable bonds is 1. The summed E-state index contributed by atoms with van der Waals surface area (Å²) in [6, 6.07) is 10.2. The first kappa shape index (κ1) is 9.53. The van der Waals surface area contributed by atoms with E-state index < -0.39 is 0 Å². The fourth-order valence-corrected chi connectivity index (χ4v) is 2.09. The van der Waals surface area contributed by atoms with Crippen molar-refractivity contribution in [3.63, 3.8) is 0 Å². The lowest BCUT2D eigenvalue weighted by Gasteiger charge is -2.25. The summed E-state index contributed by atoms with van der Waals surface area (Å²) >= 11 is 3.69. The Kier molecular flexibility index (Phi) is 2.46. The second-order valence-electron chi connectivity index (χ2n) is 3.39. The largest absolute Gasteiger partial charge is 0.508 e. The number of aliphatic hydroxyl groups is 1. The molecule has 72 valence electrons. The van der Waals surface area contributed by atoms with Crippen molar-refractivity contribution in [2.75, 3.05) is 0 Å². The van der Waals surface area contributed by atoms with E-state index in [9.17, 15) is 5.11 Å². The van der Waals surface area contributed by atoms with Crippen LogP contribution in [0.15, 0.2) is 54.3 Å². The average molecular weight is 251 g/mol. The number of hydrogen-bond acceptors (Lipinski definition) is 1. The van der Waals surface area contributed by atoms with E-state index >= 15 is 0 Å². The highest BCUT2D eigenvalue weighted by atomic mass is 79.9. The fraction of sp³-hybridized carbons (Fsp3) is 0.167. The van der Waals surface area contributed by atoms with Crippen molar-refractivity contribution in [1.29, 1.82) is 0 Å². The number of hydrogen-bond donors (Lipinski definition) is 1. The van der Waals surface area contributed by atoms with E-state index in [-0.39, 0.29) is 4.32 Å². The summed E-state index contributed by atoms with van der Waals surface area (Å²) in [7, 11) is 0. The van der Waals surface area contributed by atoms with E-state index in [1.807, 2.05) is 30.4 Å². The minimum atomic E-state index is -0.152. The lowest BCUT2D eigenvalue weighted by Crippen LogP contribution is -2.16. The molecule has 0 amide bonds. The molecule has 0 spiro atoms. The van der Waals surface area contributed by atoms with E-state index in [4.69, 9.17) is 0 Å². The van der Waals surface area contributed by atoms with Gasteiger partial charge in [-0.05, 0) is 24.1 Å². The van der Waals surface area contributed by atoms with Crippen LogP contribution in [0.5, 0.6) is 0 Å². The zero-order valence-corrected chi connectivity index (χ0v) is 9.24. The molecule has 1 N–H and O–H groups in total. The van der Waals surface area contributed by atoms with E-state index in [1.165, 1.54) is 5.56 Å². The lowest BCUT2D eigenvalue weighted by atomic mass is 9.92. The maximum absolute atomic E-state index is 9.24. The quantitative estimate of drug-likeness (QED) is 0.755. The van der Waals surface area contributed by atoms with Crippen LogP contribution in [0.3, 0.4) is 0 Å². The molecule has 0 heterocycles. The predicted octanol–water partition coefficient (Wildman–Crippen LogP) is 3.68. The SMILES string of the molecule is OC1=CCC(Br)(c2ccccc2)C=C1. The summed E-state index contributed by atoms with van der Waals surface area (Å²) in [6.07, 6.45) is 6.31. The van der Waals surface area contributed by atoms with Gasteiger partial charge in [-0.2, -0.15) is 0 Å². The predicted molar refractivity (Wildman–Crippen MR) is 61.5 cm³/mol. The molecule has 0 saturated carbocycles. The van der Waals surface area contributed by atoms with Gasteiger partial charge in [-0.3, -0.25) is 0 Å². The highest BCUT2D eigenvalue weighted by molar-refractivity contribution is 9.09. The summed E-state index contributed by atoms with van der Waals surface area (Å²) in [4.78, 5) is 0. The molecule has 1 aliphatic rings. The molecule has 0 fully saturated rings. The Bertz CT molecular complexity index is 381. The maximum atomic E-state index is 9.24. The zero-order valence-electron chi connectivity index (χ0n) is 7.65. The van der Waals surface area contributed by atoms with Gasteiger partial charge in [-0.25, -0.2) is 0 Å². The first-order valence-electron chi connectivity index (χ1n) is 4.53. The zero-order chi connectivity index (χ0) is 10.0. The molecule has 0 aliphatic heterocycles. The summed E-state index contributed by atoms with van der Waals surface area (Å²) in [5.41, 5.74) is 1.21. The van der Waals surface area contributed by atoms with Crippen molar-refractivity contribution in [1.82, 2.24) is 0 Å². The molecular formula is C12H11BrO. The average Bonchev–Trinajstić information content (AvgIpc) is 2.24. The van der Waals surface area contributed by atoms with Gasteiger partial charge < -0.3 is 5.11 Å². The van der Waals surface area contributed by atoms with Gasteiger partial charge in [-0.15, -0.1) is 0 Å². The molecule has 2 rings (SSSR count). The number of alkyl halides is 1. The molecule has 1 aliphatic carbocycles. The van der Waals surface area contributed by atoms with Crippen LogP contribution in [0.2, 0.25) is 0 Å². The maximum Gasteiger partial charge on any atom is 0.111 e. The van der Waals surface area contributed by atoms with Crippen molar-refractivity contribution in [2.45, 2.75) is 10.7 Å². The van der Waals surface area contributed by atoms with Crippen LogP contribution >= 0.6 is 15.9 Å². The fourth-order valence-electron chi connectivity index (χ4n) is 1.54.